The van der Waals surface area contributed by atoms with Gasteiger partial charge in [-0.25, -0.2) is 0 Å². The molecule has 1 rings (SSSR count). The predicted octanol–water partition coefficient (Wildman–Crippen LogP) is 2.68. The van der Waals surface area contributed by atoms with Gasteiger partial charge in [0.05, 0.1) is 6.54 Å². The van der Waals surface area contributed by atoms with Crippen molar-refractivity contribution in [2.75, 3.05) is 26.7 Å². The summed E-state index contributed by atoms with van der Waals surface area (Å²) < 4.78 is 0. The number of rotatable bonds is 6. The third-order valence-corrected chi connectivity index (χ3v) is 3.75. The average molecular weight is 252 g/mol. The summed E-state index contributed by atoms with van der Waals surface area (Å²) in [5.41, 5.74) is 1.35. The molecule has 0 aliphatic carbocycles. The van der Waals surface area contributed by atoms with Crippen molar-refractivity contribution in [1.29, 1.82) is 0 Å². The summed E-state index contributed by atoms with van der Waals surface area (Å²) in [6, 6.07) is 0.329. The van der Waals surface area contributed by atoms with Gasteiger partial charge in [0, 0.05) is 13.1 Å². The maximum atomic E-state index is 12.1. The lowest BCUT2D eigenvalue weighted by Crippen LogP contribution is -2.41. The smallest absolute Gasteiger partial charge is 0.236 e. The van der Waals surface area contributed by atoms with Crippen LogP contribution in [-0.4, -0.2) is 48.4 Å². The molecule has 3 nitrogen and oxygen atoms in total. The van der Waals surface area contributed by atoms with Crippen LogP contribution < -0.4 is 0 Å². The Morgan fingerprint density at radius 2 is 1.94 bits per heavy atom. The normalized spacial score (nSPS) is 17.6. The summed E-state index contributed by atoms with van der Waals surface area (Å²) >= 11 is 0. The number of likely N-dealkylation sites (tertiary alicyclic amines) is 1. The van der Waals surface area contributed by atoms with Crippen molar-refractivity contribution < 1.29 is 4.79 Å². The number of carbonyl (C=O) groups excluding carboxylic acids is 1. The minimum absolute atomic E-state index is 0.265. The fourth-order valence-electron chi connectivity index (χ4n) is 2.30. The quantitative estimate of drug-likeness (QED) is 0.679. The number of allylic oxidation sites excluding steroid dienone is 2. The van der Waals surface area contributed by atoms with Gasteiger partial charge in [-0.1, -0.05) is 11.6 Å². The Labute approximate surface area is 112 Å². The van der Waals surface area contributed by atoms with E-state index in [1.165, 1.54) is 18.4 Å². The lowest BCUT2D eigenvalue weighted by atomic mass is 10.1. The first-order valence-corrected chi connectivity index (χ1v) is 7.12. The first-order valence-electron chi connectivity index (χ1n) is 7.12. The number of hydrogen-bond donors (Lipinski definition) is 0. The van der Waals surface area contributed by atoms with E-state index in [-0.39, 0.29) is 5.91 Å². The Hall–Kier alpha value is -0.830. The zero-order valence-corrected chi connectivity index (χ0v) is 12.4. The minimum Gasteiger partial charge on any atom is -0.342 e. The average Bonchev–Trinajstić information content (AvgIpc) is 2.80. The molecule has 0 N–H and O–H groups in total. The molecule has 1 saturated heterocycles. The van der Waals surface area contributed by atoms with E-state index in [9.17, 15) is 4.79 Å². The number of nitrogens with zero attached hydrogens (tertiary/aromatic N) is 2. The highest BCUT2D eigenvalue weighted by Gasteiger charge is 2.20. The molecule has 1 unspecified atom stereocenters. The Kier molecular flexibility index (Phi) is 6.41. The maximum absolute atomic E-state index is 12.1. The fraction of sp³-hybridized carbons (Fsp3) is 0.800. The molecule has 1 aliphatic rings. The summed E-state index contributed by atoms with van der Waals surface area (Å²) in [5, 5.41) is 0. The van der Waals surface area contributed by atoms with Crippen molar-refractivity contribution in [3.63, 3.8) is 0 Å². The van der Waals surface area contributed by atoms with Crippen molar-refractivity contribution in [2.24, 2.45) is 0 Å². The molecule has 0 bridgehead atoms. The van der Waals surface area contributed by atoms with Crippen molar-refractivity contribution in [3.05, 3.63) is 11.6 Å². The largest absolute Gasteiger partial charge is 0.342 e. The van der Waals surface area contributed by atoms with Gasteiger partial charge >= 0.3 is 0 Å². The summed E-state index contributed by atoms with van der Waals surface area (Å²) in [7, 11) is 1.94. The molecule has 0 saturated carbocycles. The molecule has 1 atom stereocenters. The van der Waals surface area contributed by atoms with E-state index in [4.69, 9.17) is 0 Å². The van der Waals surface area contributed by atoms with Crippen LogP contribution in [-0.2, 0) is 4.79 Å². The molecule has 104 valence electrons. The van der Waals surface area contributed by atoms with Gasteiger partial charge in [0.2, 0.25) is 5.91 Å². The second-order valence-electron chi connectivity index (χ2n) is 5.70. The van der Waals surface area contributed by atoms with Gasteiger partial charge in [-0.3, -0.25) is 9.69 Å². The van der Waals surface area contributed by atoms with Gasteiger partial charge in [0.25, 0.3) is 0 Å². The third kappa shape index (κ3) is 5.21. The molecular weight excluding hydrogens is 224 g/mol. The van der Waals surface area contributed by atoms with Crippen LogP contribution in [0.15, 0.2) is 11.6 Å². The van der Waals surface area contributed by atoms with Crippen LogP contribution in [0, 0.1) is 0 Å². The van der Waals surface area contributed by atoms with Crippen LogP contribution in [0.1, 0.15) is 46.5 Å². The second-order valence-corrected chi connectivity index (χ2v) is 5.70. The van der Waals surface area contributed by atoms with E-state index in [2.05, 4.69) is 31.7 Å². The van der Waals surface area contributed by atoms with Crippen LogP contribution in [0.25, 0.3) is 0 Å². The molecule has 0 aromatic heterocycles. The lowest BCUT2D eigenvalue weighted by Gasteiger charge is -2.27. The van der Waals surface area contributed by atoms with Crippen LogP contribution in [0.3, 0.4) is 0 Å². The molecular formula is C15H28N2O. The summed E-state index contributed by atoms with van der Waals surface area (Å²) in [6.45, 7) is 9.15. The van der Waals surface area contributed by atoms with Crippen LogP contribution >= 0.6 is 0 Å². The molecule has 0 aromatic carbocycles. The lowest BCUT2D eigenvalue weighted by molar-refractivity contribution is -0.132. The summed E-state index contributed by atoms with van der Waals surface area (Å²) in [5.74, 6) is 0.265. The molecule has 0 aromatic rings. The Morgan fingerprint density at radius 1 is 1.33 bits per heavy atom. The molecule has 18 heavy (non-hydrogen) atoms. The molecule has 0 radical (unpaired) electrons. The second kappa shape index (κ2) is 7.57. The van der Waals surface area contributed by atoms with E-state index in [0.717, 1.165) is 25.9 Å². The molecule has 1 heterocycles. The molecule has 3 heteroatoms. The first-order chi connectivity index (χ1) is 8.50. The maximum Gasteiger partial charge on any atom is 0.236 e. The number of hydrogen-bond acceptors (Lipinski definition) is 2. The van der Waals surface area contributed by atoms with Gasteiger partial charge in [0.1, 0.15) is 0 Å². The van der Waals surface area contributed by atoms with Crippen molar-refractivity contribution in [1.82, 2.24) is 9.80 Å². The predicted molar refractivity (Wildman–Crippen MR) is 76.6 cm³/mol. The highest BCUT2D eigenvalue weighted by Crippen LogP contribution is 2.10. The fourth-order valence-corrected chi connectivity index (χ4v) is 2.30. The van der Waals surface area contributed by atoms with E-state index in [1.807, 2.05) is 11.9 Å². The SMILES string of the molecule is CC(C)=CCCC(C)N(C)C(=O)CN1CCCC1. The molecule has 0 spiro atoms. The van der Waals surface area contributed by atoms with Crippen LogP contribution in [0.5, 0.6) is 0 Å². The monoisotopic (exact) mass is 252 g/mol. The first kappa shape index (κ1) is 15.2. The van der Waals surface area contributed by atoms with Crippen molar-refractivity contribution in [3.8, 4) is 0 Å². The van der Waals surface area contributed by atoms with E-state index in [1.54, 1.807) is 0 Å². The molecule has 1 amide bonds. The summed E-state index contributed by atoms with van der Waals surface area (Å²) in [4.78, 5) is 16.3. The van der Waals surface area contributed by atoms with Crippen LogP contribution in [0.2, 0.25) is 0 Å². The summed E-state index contributed by atoms with van der Waals surface area (Å²) in [6.07, 6.45) is 6.84. The highest BCUT2D eigenvalue weighted by molar-refractivity contribution is 5.78. The molecule has 1 fully saturated rings. The van der Waals surface area contributed by atoms with Crippen LogP contribution in [0.4, 0.5) is 0 Å². The molecule has 1 aliphatic heterocycles. The Bertz CT molecular complexity index is 289. The van der Waals surface area contributed by atoms with E-state index >= 15 is 0 Å². The zero-order chi connectivity index (χ0) is 13.5. The van der Waals surface area contributed by atoms with E-state index in [0.29, 0.717) is 12.6 Å². The minimum atomic E-state index is 0.265. The van der Waals surface area contributed by atoms with Gasteiger partial charge in [-0.15, -0.1) is 0 Å². The van der Waals surface area contributed by atoms with Gasteiger partial charge in [-0.2, -0.15) is 0 Å². The highest BCUT2D eigenvalue weighted by atomic mass is 16.2. The van der Waals surface area contributed by atoms with Gasteiger partial charge < -0.3 is 4.90 Å². The Balaban J connectivity index is 2.30. The zero-order valence-electron chi connectivity index (χ0n) is 12.4. The van der Waals surface area contributed by atoms with Gasteiger partial charge in [0.15, 0.2) is 0 Å². The number of likely N-dealkylation sites (N-methyl/N-ethyl adjacent to an activating group) is 1. The van der Waals surface area contributed by atoms with Gasteiger partial charge in [-0.05, 0) is 59.5 Å². The number of carbonyl (C=O) groups is 1. The number of amides is 1. The van der Waals surface area contributed by atoms with E-state index < -0.39 is 0 Å². The topological polar surface area (TPSA) is 23.6 Å². The third-order valence-electron chi connectivity index (χ3n) is 3.75. The van der Waals surface area contributed by atoms with Crippen molar-refractivity contribution >= 4 is 5.91 Å². The standard InChI is InChI=1S/C15H28N2O/c1-13(2)8-7-9-14(3)16(4)15(18)12-17-10-5-6-11-17/h8,14H,5-7,9-12H2,1-4H3. The van der Waals surface area contributed by atoms with Crippen molar-refractivity contribution in [2.45, 2.75) is 52.5 Å². The Morgan fingerprint density at radius 3 is 2.50 bits per heavy atom.